The molecule has 0 amide bonds. The van der Waals surface area contributed by atoms with Gasteiger partial charge >= 0.3 is 0 Å². The maximum atomic E-state index is 4.53. The molecule has 2 atom stereocenters. The molecule has 96 valence electrons. The molecule has 0 fully saturated rings. The monoisotopic (exact) mass is 235 g/mol. The van der Waals surface area contributed by atoms with Gasteiger partial charge in [-0.1, -0.05) is 33.6 Å². The van der Waals surface area contributed by atoms with E-state index in [9.17, 15) is 0 Å². The van der Waals surface area contributed by atoms with Crippen molar-refractivity contribution >= 4 is 0 Å². The highest BCUT2D eigenvalue weighted by molar-refractivity contribution is 5.07. The summed E-state index contributed by atoms with van der Waals surface area (Å²) in [6.07, 6.45) is 5.54. The lowest BCUT2D eigenvalue weighted by Gasteiger charge is -2.21. The highest BCUT2D eigenvalue weighted by Crippen LogP contribution is 2.22. The molecule has 1 heterocycles. The molecule has 0 aromatic carbocycles. The molecule has 2 unspecified atom stereocenters. The fourth-order valence-electron chi connectivity index (χ4n) is 2.24. The van der Waals surface area contributed by atoms with Gasteiger partial charge in [-0.05, 0) is 31.9 Å². The number of nitrogens with one attached hydrogen (secondary N) is 1. The maximum Gasteiger partial charge on any atom is 0.125 e. The predicted octanol–water partition coefficient (Wildman–Crippen LogP) is 3.26. The third-order valence-electron chi connectivity index (χ3n) is 3.02. The maximum absolute atomic E-state index is 4.53. The van der Waals surface area contributed by atoms with E-state index < -0.39 is 0 Å². The van der Waals surface area contributed by atoms with Crippen LogP contribution in [0.3, 0.4) is 0 Å². The summed E-state index contributed by atoms with van der Waals surface area (Å²) in [5.41, 5.74) is 1.13. The molecular formula is C14H25N3. The number of hydrogen-bond donors (Lipinski definition) is 1. The Bertz CT molecular complexity index is 325. The Hall–Kier alpha value is -0.960. The van der Waals surface area contributed by atoms with Crippen LogP contribution in [0.5, 0.6) is 0 Å². The largest absolute Gasteiger partial charge is 0.309 e. The van der Waals surface area contributed by atoms with Gasteiger partial charge in [0.2, 0.25) is 0 Å². The van der Waals surface area contributed by atoms with Crippen LogP contribution in [0.2, 0.25) is 0 Å². The molecule has 0 spiro atoms. The van der Waals surface area contributed by atoms with Crippen LogP contribution >= 0.6 is 0 Å². The topological polar surface area (TPSA) is 37.8 Å². The highest BCUT2D eigenvalue weighted by Gasteiger charge is 2.15. The van der Waals surface area contributed by atoms with Crippen LogP contribution in [0.1, 0.15) is 57.6 Å². The van der Waals surface area contributed by atoms with Crippen molar-refractivity contribution in [2.45, 2.75) is 53.0 Å². The quantitative estimate of drug-likeness (QED) is 0.788. The van der Waals surface area contributed by atoms with E-state index in [0.29, 0.717) is 6.04 Å². The number of aromatic nitrogens is 2. The fourth-order valence-corrected chi connectivity index (χ4v) is 2.24. The molecule has 1 aromatic rings. The molecule has 1 aromatic heterocycles. The first-order valence-corrected chi connectivity index (χ1v) is 6.70. The second-order valence-corrected chi connectivity index (χ2v) is 4.77. The fraction of sp³-hybridized carbons (Fsp3) is 0.714. The first kappa shape index (κ1) is 14.1. The molecule has 3 heteroatoms. The Kier molecular flexibility index (Phi) is 6.12. The first-order chi connectivity index (χ1) is 8.17. The van der Waals surface area contributed by atoms with Crippen molar-refractivity contribution in [2.75, 3.05) is 6.54 Å². The Labute approximate surface area is 105 Å². The minimum absolute atomic E-state index is 0.364. The Morgan fingerprint density at radius 1 is 1.35 bits per heavy atom. The molecule has 0 aliphatic heterocycles. The normalized spacial score (nSPS) is 14.6. The minimum Gasteiger partial charge on any atom is -0.309 e. The van der Waals surface area contributed by atoms with Gasteiger partial charge in [-0.15, -0.1) is 0 Å². The second kappa shape index (κ2) is 7.38. The van der Waals surface area contributed by atoms with E-state index in [4.69, 9.17) is 0 Å². The highest BCUT2D eigenvalue weighted by atomic mass is 15.0. The molecular weight excluding hydrogens is 210 g/mol. The van der Waals surface area contributed by atoms with E-state index in [-0.39, 0.29) is 0 Å². The van der Waals surface area contributed by atoms with Gasteiger partial charge in [0.15, 0.2) is 0 Å². The molecule has 3 nitrogen and oxygen atoms in total. The molecule has 1 rings (SSSR count). The van der Waals surface area contributed by atoms with Gasteiger partial charge in [-0.3, -0.25) is 0 Å². The Morgan fingerprint density at radius 2 is 2.12 bits per heavy atom. The summed E-state index contributed by atoms with van der Waals surface area (Å²) < 4.78 is 0. The van der Waals surface area contributed by atoms with E-state index in [1.54, 1.807) is 0 Å². The van der Waals surface area contributed by atoms with Crippen LogP contribution in [0.15, 0.2) is 12.3 Å². The van der Waals surface area contributed by atoms with Crippen LogP contribution in [0, 0.1) is 12.8 Å². The zero-order valence-corrected chi connectivity index (χ0v) is 11.5. The number of rotatable bonds is 7. The second-order valence-electron chi connectivity index (χ2n) is 4.77. The lowest BCUT2D eigenvalue weighted by atomic mass is 9.95. The molecule has 1 N–H and O–H groups in total. The van der Waals surface area contributed by atoms with Crippen molar-refractivity contribution in [3.05, 3.63) is 23.8 Å². The van der Waals surface area contributed by atoms with E-state index >= 15 is 0 Å². The molecule has 0 saturated carbocycles. The van der Waals surface area contributed by atoms with Gasteiger partial charge in [0, 0.05) is 12.2 Å². The Morgan fingerprint density at radius 3 is 2.71 bits per heavy atom. The number of nitrogens with zero attached hydrogens (tertiary/aromatic N) is 2. The summed E-state index contributed by atoms with van der Waals surface area (Å²) in [5.74, 6) is 1.59. The third-order valence-corrected chi connectivity index (χ3v) is 3.02. The Balaban J connectivity index is 2.71. The van der Waals surface area contributed by atoms with Crippen LogP contribution in [0.4, 0.5) is 0 Å². The van der Waals surface area contributed by atoms with Gasteiger partial charge in [-0.2, -0.15) is 0 Å². The molecule has 0 saturated heterocycles. The zero-order valence-electron chi connectivity index (χ0n) is 11.5. The zero-order chi connectivity index (χ0) is 12.7. The van der Waals surface area contributed by atoms with Gasteiger partial charge in [0.05, 0.1) is 5.69 Å². The van der Waals surface area contributed by atoms with E-state index in [1.807, 2.05) is 19.2 Å². The molecule has 0 aliphatic carbocycles. The van der Waals surface area contributed by atoms with Gasteiger partial charge in [0.25, 0.3) is 0 Å². The minimum atomic E-state index is 0.364. The van der Waals surface area contributed by atoms with Gasteiger partial charge in [-0.25, -0.2) is 9.97 Å². The first-order valence-electron chi connectivity index (χ1n) is 6.70. The summed E-state index contributed by atoms with van der Waals surface area (Å²) in [4.78, 5) is 8.69. The lowest BCUT2D eigenvalue weighted by Crippen LogP contribution is -2.24. The molecule has 0 aliphatic rings. The predicted molar refractivity (Wildman–Crippen MR) is 71.9 cm³/mol. The summed E-state index contributed by atoms with van der Waals surface area (Å²) in [6, 6.07) is 2.39. The average Bonchev–Trinajstić information content (AvgIpc) is 2.29. The molecule has 17 heavy (non-hydrogen) atoms. The standard InChI is InChI=1S/C14H25N3/c1-5-7-11(3)10-14(15-6-2)13-8-9-16-12(4)17-13/h8-9,11,14-15H,5-7,10H2,1-4H3. The smallest absolute Gasteiger partial charge is 0.125 e. The molecule has 0 radical (unpaired) electrons. The van der Waals surface area contributed by atoms with Crippen LogP contribution in [-0.4, -0.2) is 16.5 Å². The van der Waals surface area contributed by atoms with Gasteiger partial charge < -0.3 is 5.32 Å². The average molecular weight is 235 g/mol. The van der Waals surface area contributed by atoms with E-state index in [2.05, 4.69) is 36.1 Å². The number of aryl methyl sites for hydroxylation is 1. The van der Waals surface area contributed by atoms with Crippen molar-refractivity contribution in [3.8, 4) is 0 Å². The van der Waals surface area contributed by atoms with Crippen molar-refractivity contribution < 1.29 is 0 Å². The third kappa shape index (κ3) is 4.82. The van der Waals surface area contributed by atoms with Crippen LogP contribution in [0.25, 0.3) is 0 Å². The lowest BCUT2D eigenvalue weighted by molar-refractivity contribution is 0.389. The van der Waals surface area contributed by atoms with Crippen molar-refractivity contribution in [2.24, 2.45) is 5.92 Å². The van der Waals surface area contributed by atoms with Crippen molar-refractivity contribution in [1.82, 2.24) is 15.3 Å². The summed E-state index contributed by atoms with van der Waals surface area (Å²) in [6.45, 7) is 9.63. The van der Waals surface area contributed by atoms with Gasteiger partial charge in [0.1, 0.15) is 5.82 Å². The van der Waals surface area contributed by atoms with Crippen molar-refractivity contribution in [3.63, 3.8) is 0 Å². The van der Waals surface area contributed by atoms with E-state index in [0.717, 1.165) is 30.4 Å². The molecule has 0 bridgehead atoms. The van der Waals surface area contributed by atoms with Crippen LogP contribution in [-0.2, 0) is 0 Å². The summed E-state index contributed by atoms with van der Waals surface area (Å²) >= 11 is 0. The van der Waals surface area contributed by atoms with Crippen molar-refractivity contribution in [1.29, 1.82) is 0 Å². The SMILES string of the molecule is CCCC(C)CC(NCC)c1ccnc(C)n1. The van der Waals surface area contributed by atoms with Crippen LogP contribution < -0.4 is 5.32 Å². The summed E-state index contributed by atoms with van der Waals surface area (Å²) in [7, 11) is 0. The number of hydrogen-bond acceptors (Lipinski definition) is 3. The van der Waals surface area contributed by atoms with E-state index in [1.165, 1.54) is 12.8 Å². The summed E-state index contributed by atoms with van der Waals surface area (Å²) in [5, 5.41) is 3.53.